The predicted octanol–water partition coefficient (Wildman–Crippen LogP) is 3.84. The Bertz CT molecular complexity index is 1080. The van der Waals surface area contributed by atoms with E-state index in [4.69, 9.17) is 4.74 Å². The Hall–Kier alpha value is -2.80. The lowest BCUT2D eigenvalue weighted by Gasteiger charge is -2.15. The lowest BCUT2D eigenvalue weighted by molar-refractivity contribution is -0.116. The van der Waals surface area contributed by atoms with Crippen LogP contribution in [0.4, 0.5) is 5.69 Å². The first-order chi connectivity index (χ1) is 13.5. The molecule has 4 rings (SSSR count). The molecule has 2 heterocycles. The van der Waals surface area contributed by atoms with Gasteiger partial charge in [-0.3, -0.25) is 9.59 Å². The SMILES string of the molecule is COc1ccc2nc(S[C@@H](C)C(=O)c3ccc4c(c3)CCN4C(C)=O)[nH]c2c1. The minimum absolute atomic E-state index is 0.0308. The number of carbonyl (C=O) groups is 2. The standard InChI is InChI=1S/C21H21N3O3S/c1-12(28-21-22-17-6-5-16(27-3)11-18(17)23-21)20(26)15-4-7-19-14(10-15)8-9-24(19)13(2)25/h4-7,10-12H,8-9H2,1-3H3,(H,22,23)/t12-/m0/s1. The molecule has 28 heavy (non-hydrogen) atoms. The molecule has 0 spiro atoms. The zero-order chi connectivity index (χ0) is 19.8. The zero-order valence-electron chi connectivity index (χ0n) is 16.0. The van der Waals surface area contributed by atoms with Crippen molar-refractivity contribution in [1.29, 1.82) is 0 Å². The van der Waals surface area contributed by atoms with Crippen molar-refractivity contribution >= 4 is 40.2 Å². The predicted molar refractivity (Wildman–Crippen MR) is 110 cm³/mol. The lowest BCUT2D eigenvalue weighted by Crippen LogP contribution is -2.25. The van der Waals surface area contributed by atoms with E-state index in [1.165, 1.54) is 11.8 Å². The molecule has 0 saturated heterocycles. The molecule has 1 aliphatic heterocycles. The fraction of sp³-hybridized carbons (Fsp3) is 0.286. The third-order valence-electron chi connectivity index (χ3n) is 4.96. The maximum atomic E-state index is 12.9. The van der Waals surface area contributed by atoms with Gasteiger partial charge in [0, 0.05) is 30.8 Å². The first-order valence-corrected chi connectivity index (χ1v) is 10.00. The quantitative estimate of drug-likeness (QED) is 0.525. The molecule has 1 atom stereocenters. The molecular weight excluding hydrogens is 374 g/mol. The highest BCUT2D eigenvalue weighted by Gasteiger charge is 2.25. The maximum absolute atomic E-state index is 12.9. The number of aromatic nitrogens is 2. The van der Waals surface area contributed by atoms with E-state index in [1.54, 1.807) is 18.9 Å². The number of hydrogen-bond donors (Lipinski definition) is 1. The normalized spacial score (nSPS) is 14.2. The van der Waals surface area contributed by atoms with Gasteiger partial charge < -0.3 is 14.6 Å². The van der Waals surface area contributed by atoms with Crippen molar-refractivity contribution < 1.29 is 14.3 Å². The number of H-pyrrole nitrogens is 1. The Balaban J connectivity index is 1.52. The van der Waals surface area contributed by atoms with Gasteiger partial charge in [0.1, 0.15) is 5.75 Å². The number of ether oxygens (including phenoxy) is 1. The largest absolute Gasteiger partial charge is 0.497 e. The van der Waals surface area contributed by atoms with E-state index in [0.717, 1.165) is 34.5 Å². The molecule has 0 aliphatic carbocycles. The monoisotopic (exact) mass is 395 g/mol. The topological polar surface area (TPSA) is 75.3 Å². The lowest BCUT2D eigenvalue weighted by atomic mass is 10.0. The molecule has 6 nitrogen and oxygen atoms in total. The first-order valence-electron chi connectivity index (χ1n) is 9.12. The summed E-state index contributed by atoms with van der Waals surface area (Å²) in [5, 5.41) is 0.416. The van der Waals surface area contributed by atoms with Crippen molar-refractivity contribution in [2.75, 3.05) is 18.6 Å². The van der Waals surface area contributed by atoms with Gasteiger partial charge >= 0.3 is 0 Å². The summed E-state index contributed by atoms with van der Waals surface area (Å²) in [6.07, 6.45) is 0.781. The molecule has 3 aromatic rings. The highest BCUT2D eigenvalue weighted by atomic mass is 32.2. The van der Waals surface area contributed by atoms with Crippen LogP contribution in [0.15, 0.2) is 41.6 Å². The number of nitrogens with zero attached hydrogens (tertiary/aromatic N) is 2. The van der Waals surface area contributed by atoms with Gasteiger partial charge in [-0.2, -0.15) is 0 Å². The third-order valence-corrected chi connectivity index (χ3v) is 5.95. The number of nitrogens with one attached hydrogen (secondary N) is 1. The molecule has 1 aliphatic rings. The van der Waals surface area contributed by atoms with Crippen LogP contribution >= 0.6 is 11.8 Å². The average molecular weight is 395 g/mol. The van der Waals surface area contributed by atoms with Gasteiger partial charge in [0.05, 0.1) is 23.4 Å². The number of hydrogen-bond acceptors (Lipinski definition) is 5. The van der Waals surface area contributed by atoms with Crippen molar-refractivity contribution in [1.82, 2.24) is 9.97 Å². The number of carbonyl (C=O) groups excluding carboxylic acids is 2. The second kappa shape index (κ2) is 7.31. The Morgan fingerprint density at radius 3 is 2.82 bits per heavy atom. The smallest absolute Gasteiger partial charge is 0.223 e. The van der Waals surface area contributed by atoms with Crippen LogP contribution in [0.2, 0.25) is 0 Å². The van der Waals surface area contributed by atoms with Crippen molar-refractivity contribution in [3.63, 3.8) is 0 Å². The number of ketones is 1. The minimum atomic E-state index is -0.286. The van der Waals surface area contributed by atoms with Crippen molar-refractivity contribution in [2.45, 2.75) is 30.7 Å². The summed E-state index contributed by atoms with van der Waals surface area (Å²) in [6, 6.07) is 11.2. The van der Waals surface area contributed by atoms with Gasteiger partial charge in [-0.1, -0.05) is 11.8 Å². The molecule has 0 fully saturated rings. The van der Waals surface area contributed by atoms with Crippen LogP contribution in [0.1, 0.15) is 29.8 Å². The van der Waals surface area contributed by atoms with Crippen molar-refractivity contribution in [3.8, 4) is 5.75 Å². The molecule has 0 unspecified atom stereocenters. The van der Waals surface area contributed by atoms with Crippen LogP contribution in [0.3, 0.4) is 0 Å². The van der Waals surface area contributed by atoms with E-state index in [9.17, 15) is 9.59 Å². The number of anilines is 1. The number of aromatic amines is 1. The molecule has 1 N–H and O–H groups in total. The van der Waals surface area contributed by atoms with E-state index in [1.807, 2.05) is 43.3 Å². The Kier molecular flexibility index (Phi) is 4.85. The molecule has 1 amide bonds. The number of Topliss-reactive ketones (excluding diaryl/α,β-unsaturated/α-hetero) is 1. The fourth-order valence-corrected chi connectivity index (χ4v) is 4.38. The summed E-state index contributed by atoms with van der Waals surface area (Å²) in [6.45, 7) is 4.13. The number of amides is 1. The van der Waals surface area contributed by atoms with Crippen LogP contribution in [0.25, 0.3) is 11.0 Å². The summed E-state index contributed by atoms with van der Waals surface area (Å²) in [5.74, 6) is 0.838. The van der Waals surface area contributed by atoms with Crippen LogP contribution < -0.4 is 9.64 Å². The Morgan fingerprint density at radius 1 is 1.25 bits per heavy atom. The molecule has 2 aromatic carbocycles. The zero-order valence-corrected chi connectivity index (χ0v) is 16.8. The van der Waals surface area contributed by atoms with Gasteiger partial charge in [0.15, 0.2) is 10.9 Å². The summed E-state index contributed by atoms with van der Waals surface area (Å²) in [7, 11) is 1.63. The van der Waals surface area contributed by atoms with Crippen LogP contribution in [0, 0.1) is 0 Å². The van der Waals surface area contributed by atoms with E-state index >= 15 is 0 Å². The molecular formula is C21H21N3O3S. The fourth-order valence-electron chi connectivity index (χ4n) is 3.49. The summed E-state index contributed by atoms with van der Waals surface area (Å²) >= 11 is 1.40. The molecule has 1 aromatic heterocycles. The minimum Gasteiger partial charge on any atom is -0.497 e. The second-order valence-corrected chi connectivity index (χ2v) is 8.14. The van der Waals surface area contributed by atoms with E-state index in [2.05, 4.69) is 9.97 Å². The average Bonchev–Trinajstić information content (AvgIpc) is 3.29. The number of rotatable bonds is 5. The summed E-state index contributed by atoms with van der Waals surface area (Å²) < 4.78 is 5.23. The number of thioether (sulfide) groups is 1. The second-order valence-electron chi connectivity index (χ2n) is 6.81. The summed E-state index contributed by atoms with van der Waals surface area (Å²) in [4.78, 5) is 34.2. The van der Waals surface area contributed by atoms with Crippen LogP contribution in [0.5, 0.6) is 5.75 Å². The van der Waals surface area contributed by atoms with Gasteiger partial charge in [0.2, 0.25) is 5.91 Å². The number of methoxy groups -OCH3 is 1. The maximum Gasteiger partial charge on any atom is 0.223 e. The van der Waals surface area contributed by atoms with Crippen LogP contribution in [-0.4, -0.2) is 40.6 Å². The van der Waals surface area contributed by atoms with Gasteiger partial charge in [-0.15, -0.1) is 0 Å². The van der Waals surface area contributed by atoms with Gasteiger partial charge in [0.25, 0.3) is 0 Å². The molecule has 0 radical (unpaired) electrons. The first kappa shape index (κ1) is 18.6. The van der Waals surface area contributed by atoms with Gasteiger partial charge in [-0.05, 0) is 49.2 Å². The number of imidazole rings is 1. The Labute approximate surface area is 167 Å². The third kappa shape index (κ3) is 3.38. The van der Waals surface area contributed by atoms with Crippen LogP contribution in [-0.2, 0) is 11.2 Å². The molecule has 0 saturated carbocycles. The van der Waals surface area contributed by atoms with E-state index < -0.39 is 0 Å². The molecule has 7 heteroatoms. The van der Waals surface area contributed by atoms with E-state index in [0.29, 0.717) is 17.3 Å². The highest BCUT2D eigenvalue weighted by Crippen LogP contribution is 2.31. The summed E-state index contributed by atoms with van der Waals surface area (Å²) in [5.41, 5.74) is 4.35. The Morgan fingerprint density at radius 2 is 2.07 bits per heavy atom. The number of fused-ring (bicyclic) bond motifs is 2. The van der Waals surface area contributed by atoms with Crippen molar-refractivity contribution in [2.24, 2.45) is 0 Å². The number of benzene rings is 2. The van der Waals surface area contributed by atoms with Crippen molar-refractivity contribution in [3.05, 3.63) is 47.5 Å². The van der Waals surface area contributed by atoms with E-state index in [-0.39, 0.29) is 16.9 Å². The molecule has 144 valence electrons. The van der Waals surface area contributed by atoms with Gasteiger partial charge in [-0.25, -0.2) is 4.98 Å². The highest BCUT2D eigenvalue weighted by molar-refractivity contribution is 8.00. The molecule has 0 bridgehead atoms.